The monoisotopic (exact) mass is 238 g/mol. The Labute approximate surface area is 90.4 Å². The van der Waals surface area contributed by atoms with E-state index in [1.807, 2.05) is 13.8 Å². The molecule has 90 valence electrons. The standard InChI is InChI=1S/C8H18N2O4S/c1-7-5-10(6-8(2)14-7)15(12,13)9-3-4-11/h7-9,11H,3-6H2,1-2H3. The maximum absolute atomic E-state index is 11.7. The van der Waals surface area contributed by atoms with E-state index in [9.17, 15) is 8.42 Å². The Hall–Kier alpha value is -0.210. The van der Waals surface area contributed by atoms with Crippen molar-refractivity contribution >= 4 is 10.2 Å². The molecule has 7 heteroatoms. The van der Waals surface area contributed by atoms with Crippen LogP contribution in [0.3, 0.4) is 0 Å². The Morgan fingerprint density at radius 2 is 1.93 bits per heavy atom. The van der Waals surface area contributed by atoms with Gasteiger partial charge in [0.05, 0.1) is 18.8 Å². The van der Waals surface area contributed by atoms with Crippen LogP contribution < -0.4 is 4.72 Å². The fourth-order valence-corrected chi connectivity index (χ4v) is 2.94. The molecule has 1 heterocycles. The molecule has 0 bridgehead atoms. The van der Waals surface area contributed by atoms with Crippen LogP contribution in [0.5, 0.6) is 0 Å². The fourth-order valence-electron chi connectivity index (χ4n) is 1.59. The zero-order valence-electron chi connectivity index (χ0n) is 9.01. The molecule has 2 unspecified atom stereocenters. The molecule has 1 rings (SSSR count). The Morgan fingerprint density at radius 3 is 2.40 bits per heavy atom. The molecule has 2 atom stereocenters. The number of aliphatic hydroxyl groups excluding tert-OH is 1. The van der Waals surface area contributed by atoms with Gasteiger partial charge >= 0.3 is 0 Å². The van der Waals surface area contributed by atoms with Crippen LogP contribution in [0, 0.1) is 0 Å². The van der Waals surface area contributed by atoms with Gasteiger partial charge in [0.15, 0.2) is 0 Å². The Morgan fingerprint density at radius 1 is 1.40 bits per heavy atom. The molecule has 0 aromatic carbocycles. The summed E-state index contributed by atoms with van der Waals surface area (Å²) in [4.78, 5) is 0. The lowest BCUT2D eigenvalue weighted by Crippen LogP contribution is -2.52. The predicted molar refractivity (Wildman–Crippen MR) is 55.6 cm³/mol. The summed E-state index contributed by atoms with van der Waals surface area (Å²) in [6, 6.07) is 0. The number of nitrogens with one attached hydrogen (secondary N) is 1. The Bertz CT molecular complexity index is 283. The van der Waals surface area contributed by atoms with Crippen molar-refractivity contribution in [1.29, 1.82) is 0 Å². The van der Waals surface area contributed by atoms with Gasteiger partial charge in [-0.15, -0.1) is 0 Å². The topological polar surface area (TPSA) is 78.9 Å². The highest BCUT2D eigenvalue weighted by Crippen LogP contribution is 2.13. The van der Waals surface area contributed by atoms with E-state index in [1.165, 1.54) is 4.31 Å². The van der Waals surface area contributed by atoms with E-state index in [0.29, 0.717) is 13.1 Å². The van der Waals surface area contributed by atoms with E-state index in [2.05, 4.69) is 4.72 Å². The van der Waals surface area contributed by atoms with Crippen LogP contribution in [0.4, 0.5) is 0 Å². The van der Waals surface area contributed by atoms with Crippen molar-refractivity contribution < 1.29 is 18.3 Å². The summed E-state index contributed by atoms with van der Waals surface area (Å²) in [5.41, 5.74) is 0. The van der Waals surface area contributed by atoms with Gasteiger partial charge in [0, 0.05) is 19.6 Å². The van der Waals surface area contributed by atoms with E-state index >= 15 is 0 Å². The van der Waals surface area contributed by atoms with Gasteiger partial charge in [0.2, 0.25) is 0 Å². The molecular weight excluding hydrogens is 220 g/mol. The van der Waals surface area contributed by atoms with E-state index in [1.54, 1.807) is 0 Å². The molecule has 1 saturated heterocycles. The molecule has 15 heavy (non-hydrogen) atoms. The fraction of sp³-hybridized carbons (Fsp3) is 1.00. The highest BCUT2D eigenvalue weighted by atomic mass is 32.2. The lowest BCUT2D eigenvalue weighted by atomic mass is 10.3. The molecule has 1 fully saturated rings. The number of hydrogen-bond donors (Lipinski definition) is 2. The lowest BCUT2D eigenvalue weighted by Gasteiger charge is -2.34. The first-order valence-electron chi connectivity index (χ1n) is 4.96. The second kappa shape index (κ2) is 5.22. The van der Waals surface area contributed by atoms with Crippen LogP contribution in [0.2, 0.25) is 0 Å². The van der Waals surface area contributed by atoms with Crippen molar-refractivity contribution in [1.82, 2.24) is 9.03 Å². The summed E-state index contributed by atoms with van der Waals surface area (Å²) in [5.74, 6) is 0. The second-order valence-corrected chi connectivity index (χ2v) is 5.45. The highest BCUT2D eigenvalue weighted by Gasteiger charge is 2.30. The molecule has 1 aliphatic rings. The van der Waals surface area contributed by atoms with Crippen molar-refractivity contribution in [2.75, 3.05) is 26.2 Å². The van der Waals surface area contributed by atoms with Crippen LogP contribution in [-0.2, 0) is 14.9 Å². The van der Waals surface area contributed by atoms with Gasteiger partial charge in [-0.3, -0.25) is 0 Å². The third-order valence-corrected chi connectivity index (χ3v) is 3.67. The zero-order valence-corrected chi connectivity index (χ0v) is 9.83. The van der Waals surface area contributed by atoms with Crippen molar-refractivity contribution in [3.63, 3.8) is 0 Å². The first-order valence-corrected chi connectivity index (χ1v) is 6.40. The van der Waals surface area contributed by atoms with Crippen LogP contribution in [0.1, 0.15) is 13.8 Å². The average Bonchev–Trinajstić information content (AvgIpc) is 2.13. The van der Waals surface area contributed by atoms with Crippen LogP contribution in [0.15, 0.2) is 0 Å². The molecule has 0 saturated carbocycles. The molecule has 0 spiro atoms. The van der Waals surface area contributed by atoms with Gasteiger partial charge in [-0.1, -0.05) is 0 Å². The maximum Gasteiger partial charge on any atom is 0.279 e. The van der Waals surface area contributed by atoms with Gasteiger partial charge in [0.25, 0.3) is 10.2 Å². The number of hydrogen-bond acceptors (Lipinski definition) is 4. The first-order chi connectivity index (χ1) is 6.95. The predicted octanol–water partition coefficient (Wildman–Crippen LogP) is -1.08. The van der Waals surface area contributed by atoms with Crippen LogP contribution in [-0.4, -0.2) is 56.3 Å². The third kappa shape index (κ3) is 3.69. The van der Waals surface area contributed by atoms with Crippen LogP contribution >= 0.6 is 0 Å². The molecule has 1 aliphatic heterocycles. The highest BCUT2D eigenvalue weighted by molar-refractivity contribution is 7.87. The maximum atomic E-state index is 11.7. The second-order valence-electron chi connectivity index (χ2n) is 3.70. The number of rotatable bonds is 4. The Kier molecular flexibility index (Phi) is 4.47. The minimum absolute atomic E-state index is 0.0441. The number of nitrogens with zero attached hydrogens (tertiary/aromatic N) is 1. The lowest BCUT2D eigenvalue weighted by molar-refractivity contribution is -0.0444. The van der Waals surface area contributed by atoms with Gasteiger partial charge in [-0.25, -0.2) is 0 Å². The molecular formula is C8H18N2O4S. The van der Waals surface area contributed by atoms with Crippen molar-refractivity contribution in [3.05, 3.63) is 0 Å². The smallest absolute Gasteiger partial charge is 0.279 e. The Balaban J connectivity index is 2.61. The van der Waals surface area contributed by atoms with Crippen molar-refractivity contribution in [2.24, 2.45) is 0 Å². The number of ether oxygens (including phenoxy) is 1. The largest absolute Gasteiger partial charge is 0.395 e. The summed E-state index contributed by atoms with van der Waals surface area (Å²) in [5, 5.41) is 8.56. The number of morpholine rings is 1. The van der Waals surface area contributed by atoms with E-state index in [-0.39, 0.29) is 25.4 Å². The average molecular weight is 238 g/mol. The van der Waals surface area contributed by atoms with Crippen molar-refractivity contribution in [3.8, 4) is 0 Å². The normalized spacial score (nSPS) is 29.3. The zero-order chi connectivity index (χ0) is 11.5. The molecule has 2 N–H and O–H groups in total. The van der Waals surface area contributed by atoms with Gasteiger partial charge in [-0.2, -0.15) is 17.4 Å². The molecule has 6 nitrogen and oxygen atoms in total. The molecule has 0 radical (unpaired) electrons. The third-order valence-electron chi connectivity index (χ3n) is 2.12. The summed E-state index contributed by atoms with van der Waals surface area (Å²) in [6.45, 7) is 4.22. The van der Waals surface area contributed by atoms with Gasteiger partial charge in [-0.05, 0) is 13.8 Å². The molecule has 0 aromatic rings. The minimum atomic E-state index is -3.47. The summed E-state index contributed by atoms with van der Waals surface area (Å²) in [7, 11) is -3.47. The molecule has 0 aliphatic carbocycles. The van der Waals surface area contributed by atoms with Crippen LogP contribution in [0.25, 0.3) is 0 Å². The molecule has 0 aromatic heterocycles. The first kappa shape index (κ1) is 12.9. The van der Waals surface area contributed by atoms with E-state index < -0.39 is 10.2 Å². The van der Waals surface area contributed by atoms with Gasteiger partial charge in [0.1, 0.15) is 0 Å². The minimum Gasteiger partial charge on any atom is -0.395 e. The summed E-state index contributed by atoms with van der Waals surface area (Å²) < 4.78 is 32.5. The molecule has 0 amide bonds. The summed E-state index contributed by atoms with van der Waals surface area (Å²) >= 11 is 0. The van der Waals surface area contributed by atoms with E-state index in [4.69, 9.17) is 9.84 Å². The van der Waals surface area contributed by atoms with Gasteiger partial charge < -0.3 is 9.84 Å². The van der Waals surface area contributed by atoms with Crippen molar-refractivity contribution in [2.45, 2.75) is 26.1 Å². The number of aliphatic hydroxyl groups is 1. The SMILES string of the molecule is CC1CN(S(=O)(=O)NCCO)CC(C)O1. The summed E-state index contributed by atoms with van der Waals surface area (Å²) in [6.07, 6.45) is -0.195. The van der Waals surface area contributed by atoms with E-state index in [0.717, 1.165) is 0 Å². The quantitative estimate of drug-likeness (QED) is 0.653.